The van der Waals surface area contributed by atoms with Gasteiger partial charge in [0, 0.05) is 50.9 Å². The van der Waals surface area contributed by atoms with E-state index >= 15 is 0 Å². The predicted octanol–water partition coefficient (Wildman–Crippen LogP) is 1.03. The highest BCUT2D eigenvalue weighted by Gasteiger charge is 2.28. The summed E-state index contributed by atoms with van der Waals surface area (Å²) in [5.41, 5.74) is 0.168. The van der Waals surface area contributed by atoms with E-state index in [1.807, 2.05) is 0 Å². The van der Waals surface area contributed by atoms with Gasteiger partial charge in [0.15, 0.2) is 0 Å². The van der Waals surface area contributed by atoms with E-state index in [1.165, 1.54) is 0 Å². The van der Waals surface area contributed by atoms with Gasteiger partial charge >= 0.3 is 0 Å². The third-order valence-corrected chi connectivity index (χ3v) is 3.58. The van der Waals surface area contributed by atoms with Crippen LogP contribution in [0.2, 0.25) is 0 Å². The third-order valence-electron chi connectivity index (χ3n) is 3.58. The molecule has 4 heteroatoms. The van der Waals surface area contributed by atoms with Gasteiger partial charge in [0.2, 0.25) is 0 Å². The highest BCUT2D eigenvalue weighted by Crippen LogP contribution is 2.13. The van der Waals surface area contributed by atoms with Gasteiger partial charge in [-0.2, -0.15) is 0 Å². The minimum atomic E-state index is 0.168. The molecule has 2 atom stereocenters. The summed E-state index contributed by atoms with van der Waals surface area (Å²) in [4.78, 5) is 4.99. The highest BCUT2D eigenvalue weighted by atomic mass is 16.5. The summed E-state index contributed by atoms with van der Waals surface area (Å²) < 4.78 is 5.40. The average Bonchev–Trinajstić information content (AvgIpc) is 2.24. The van der Waals surface area contributed by atoms with Crippen molar-refractivity contribution in [3.05, 3.63) is 0 Å². The van der Waals surface area contributed by atoms with Crippen molar-refractivity contribution in [3.8, 4) is 0 Å². The first-order valence-electron chi connectivity index (χ1n) is 7.01. The van der Waals surface area contributed by atoms with Crippen LogP contribution in [0.25, 0.3) is 0 Å². The lowest BCUT2D eigenvalue weighted by atomic mass is 10.1. The molecule has 0 aliphatic carbocycles. The number of methoxy groups -OCH3 is 1. The van der Waals surface area contributed by atoms with Crippen LogP contribution in [-0.2, 0) is 4.74 Å². The second-order valence-corrected chi connectivity index (χ2v) is 6.59. The van der Waals surface area contributed by atoms with E-state index < -0.39 is 0 Å². The van der Waals surface area contributed by atoms with E-state index in [1.54, 1.807) is 7.11 Å². The molecule has 0 aromatic rings. The van der Waals surface area contributed by atoms with Crippen molar-refractivity contribution in [2.75, 3.05) is 46.9 Å². The van der Waals surface area contributed by atoms with Gasteiger partial charge in [-0.1, -0.05) is 0 Å². The Balaban J connectivity index is 2.55. The summed E-state index contributed by atoms with van der Waals surface area (Å²) in [6.07, 6.45) is 0. The zero-order valence-corrected chi connectivity index (χ0v) is 13.0. The van der Waals surface area contributed by atoms with Crippen molar-refractivity contribution in [1.82, 2.24) is 15.1 Å². The van der Waals surface area contributed by atoms with Gasteiger partial charge in [-0.15, -0.1) is 0 Å². The maximum Gasteiger partial charge on any atom is 0.0630 e. The van der Waals surface area contributed by atoms with Gasteiger partial charge in [0.1, 0.15) is 0 Å². The van der Waals surface area contributed by atoms with Crippen molar-refractivity contribution >= 4 is 0 Å². The molecular weight excluding hydrogens is 226 g/mol. The maximum absolute atomic E-state index is 5.40. The topological polar surface area (TPSA) is 27.7 Å². The molecule has 1 rings (SSSR count). The lowest BCUT2D eigenvalue weighted by Gasteiger charge is -2.43. The number of nitrogens with zero attached hydrogens (tertiary/aromatic N) is 2. The largest absolute Gasteiger partial charge is 0.383 e. The SMILES string of the molecule is COCC(CNC(C)(C)C)N1CCN(C)CC1C. The molecule has 0 saturated carbocycles. The van der Waals surface area contributed by atoms with Gasteiger partial charge in [0.05, 0.1) is 6.61 Å². The second-order valence-electron chi connectivity index (χ2n) is 6.59. The number of likely N-dealkylation sites (N-methyl/N-ethyl adjacent to an activating group) is 1. The minimum absolute atomic E-state index is 0.168. The zero-order chi connectivity index (χ0) is 13.8. The Kier molecular flexibility index (Phi) is 6.05. The molecule has 1 aliphatic rings. The Labute approximate surface area is 113 Å². The molecular formula is C14H31N3O. The summed E-state index contributed by atoms with van der Waals surface area (Å²) in [6.45, 7) is 14.2. The number of hydrogen-bond donors (Lipinski definition) is 1. The molecule has 108 valence electrons. The van der Waals surface area contributed by atoms with E-state index in [0.717, 1.165) is 32.8 Å². The molecule has 0 radical (unpaired) electrons. The van der Waals surface area contributed by atoms with E-state index in [2.05, 4.69) is 49.9 Å². The number of nitrogens with one attached hydrogen (secondary N) is 1. The van der Waals surface area contributed by atoms with Crippen LogP contribution in [0.1, 0.15) is 27.7 Å². The predicted molar refractivity (Wildman–Crippen MR) is 77.1 cm³/mol. The Bertz CT molecular complexity index is 240. The molecule has 0 amide bonds. The minimum Gasteiger partial charge on any atom is -0.383 e. The molecule has 2 unspecified atom stereocenters. The first kappa shape index (κ1) is 15.9. The fraction of sp³-hybridized carbons (Fsp3) is 1.00. The van der Waals surface area contributed by atoms with Crippen molar-refractivity contribution in [2.24, 2.45) is 0 Å². The van der Waals surface area contributed by atoms with Crippen LogP contribution in [0, 0.1) is 0 Å². The van der Waals surface area contributed by atoms with E-state index in [9.17, 15) is 0 Å². The summed E-state index contributed by atoms with van der Waals surface area (Å²) in [7, 11) is 4.00. The average molecular weight is 257 g/mol. The lowest BCUT2D eigenvalue weighted by molar-refractivity contribution is 0.0208. The van der Waals surface area contributed by atoms with Gasteiger partial charge < -0.3 is 15.0 Å². The summed E-state index contributed by atoms with van der Waals surface area (Å²) in [5, 5.41) is 3.60. The van der Waals surface area contributed by atoms with Crippen LogP contribution in [0.3, 0.4) is 0 Å². The molecule has 1 saturated heterocycles. The number of hydrogen-bond acceptors (Lipinski definition) is 4. The standard InChI is InChI=1S/C14H31N3O/c1-12-10-16(5)7-8-17(12)13(11-18-6)9-15-14(2,3)4/h12-13,15H,7-11H2,1-6H3. The summed E-state index contributed by atoms with van der Waals surface area (Å²) >= 11 is 0. The van der Waals surface area contributed by atoms with Crippen LogP contribution in [0.15, 0.2) is 0 Å². The smallest absolute Gasteiger partial charge is 0.0630 e. The number of rotatable bonds is 5. The number of piperazine rings is 1. The van der Waals surface area contributed by atoms with Gasteiger partial charge in [0.25, 0.3) is 0 Å². The van der Waals surface area contributed by atoms with Gasteiger partial charge in [-0.05, 0) is 34.7 Å². The quantitative estimate of drug-likeness (QED) is 0.796. The maximum atomic E-state index is 5.40. The molecule has 4 nitrogen and oxygen atoms in total. The van der Waals surface area contributed by atoms with Crippen LogP contribution in [0.5, 0.6) is 0 Å². The van der Waals surface area contributed by atoms with Gasteiger partial charge in [-0.3, -0.25) is 4.90 Å². The normalized spacial score (nSPS) is 25.3. The molecule has 1 heterocycles. The van der Waals surface area contributed by atoms with Crippen molar-refractivity contribution in [3.63, 3.8) is 0 Å². The fourth-order valence-corrected chi connectivity index (χ4v) is 2.58. The lowest BCUT2D eigenvalue weighted by Crippen LogP contribution is -2.58. The monoisotopic (exact) mass is 257 g/mol. The third kappa shape index (κ3) is 5.22. The Morgan fingerprint density at radius 2 is 2.00 bits per heavy atom. The highest BCUT2D eigenvalue weighted by molar-refractivity contribution is 4.86. The van der Waals surface area contributed by atoms with Crippen LogP contribution >= 0.6 is 0 Å². The molecule has 0 spiro atoms. The Morgan fingerprint density at radius 1 is 1.33 bits per heavy atom. The number of ether oxygens (including phenoxy) is 1. The van der Waals surface area contributed by atoms with Crippen LogP contribution in [-0.4, -0.2) is 74.4 Å². The zero-order valence-electron chi connectivity index (χ0n) is 13.0. The van der Waals surface area contributed by atoms with E-state index in [0.29, 0.717) is 12.1 Å². The Morgan fingerprint density at radius 3 is 2.50 bits per heavy atom. The van der Waals surface area contributed by atoms with Crippen LogP contribution < -0.4 is 5.32 Å². The van der Waals surface area contributed by atoms with Crippen molar-refractivity contribution < 1.29 is 4.74 Å². The molecule has 1 fully saturated rings. The second kappa shape index (κ2) is 6.85. The van der Waals surface area contributed by atoms with Crippen molar-refractivity contribution in [1.29, 1.82) is 0 Å². The van der Waals surface area contributed by atoms with Crippen LogP contribution in [0.4, 0.5) is 0 Å². The van der Waals surface area contributed by atoms with E-state index in [-0.39, 0.29) is 5.54 Å². The molecule has 0 aromatic heterocycles. The molecule has 1 N–H and O–H groups in total. The first-order valence-corrected chi connectivity index (χ1v) is 7.01. The molecule has 18 heavy (non-hydrogen) atoms. The first-order chi connectivity index (χ1) is 8.33. The Hall–Kier alpha value is -0.160. The molecule has 0 bridgehead atoms. The molecule has 1 aliphatic heterocycles. The fourth-order valence-electron chi connectivity index (χ4n) is 2.58. The molecule has 0 aromatic carbocycles. The van der Waals surface area contributed by atoms with Gasteiger partial charge in [-0.25, -0.2) is 0 Å². The van der Waals surface area contributed by atoms with Crippen molar-refractivity contribution in [2.45, 2.75) is 45.3 Å². The summed E-state index contributed by atoms with van der Waals surface area (Å²) in [5.74, 6) is 0. The van der Waals surface area contributed by atoms with E-state index in [4.69, 9.17) is 4.74 Å². The summed E-state index contributed by atoms with van der Waals surface area (Å²) in [6, 6.07) is 1.07.